The van der Waals surface area contributed by atoms with Crippen LogP contribution in [0.3, 0.4) is 0 Å². The molecule has 0 aliphatic heterocycles. The Hall–Kier alpha value is -1.46. The van der Waals surface area contributed by atoms with E-state index in [0.29, 0.717) is 0 Å². The summed E-state index contributed by atoms with van der Waals surface area (Å²) in [4.78, 5) is 10.4. The minimum Gasteiger partial charge on any atom is -0.478 e. The number of alkyl halides is 2. The van der Waals surface area contributed by atoms with Crippen molar-refractivity contribution < 1.29 is 18.7 Å². The lowest BCUT2D eigenvalue weighted by atomic mass is 10.4. The van der Waals surface area contributed by atoms with E-state index < -0.39 is 12.4 Å². The standard InChI is InChI=1S/C7H8F2N2O2/c8-6(9)1-2-11-4-5(3-10-11)7(12)13/h3-4,6H,1-2H2,(H,12,13). The summed E-state index contributed by atoms with van der Waals surface area (Å²) in [5.74, 6) is -1.11. The molecule has 6 heteroatoms. The molecule has 1 aromatic heterocycles. The summed E-state index contributed by atoms with van der Waals surface area (Å²) in [6.07, 6.45) is -0.350. The molecule has 1 N–H and O–H groups in total. The van der Waals surface area contributed by atoms with E-state index in [1.807, 2.05) is 0 Å². The molecule has 72 valence electrons. The van der Waals surface area contributed by atoms with Crippen LogP contribution in [0.5, 0.6) is 0 Å². The lowest BCUT2D eigenvalue weighted by molar-refractivity contribution is 0.0697. The highest BCUT2D eigenvalue weighted by Gasteiger charge is 2.07. The largest absolute Gasteiger partial charge is 0.478 e. The van der Waals surface area contributed by atoms with E-state index in [0.717, 1.165) is 6.20 Å². The summed E-state index contributed by atoms with van der Waals surface area (Å²) in [6, 6.07) is 0. The third-order valence-electron chi connectivity index (χ3n) is 1.46. The number of aromatic carboxylic acids is 1. The molecule has 0 aliphatic rings. The predicted octanol–water partition coefficient (Wildman–Crippen LogP) is 1.24. The maximum atomic E-state index is 11.7. The first-order valence-corrected chi connectivity index (χ1v) is 3.63. The van der Waals surface area contributed by atoms with Crippen molar-refractivity contribution in [3.8, 4) is 0 Å². The molecular weight excluding hydrogens is 182 g/mol. The van der Waals surface area contributed by atoms with Crippen LogP contribution in [0.2, 0.25) is 0 Å². The lowest BCUT2D eigenvalue weighted by Gasteiger charge is -1.98. The van der Waals surface area contributed by atoms with Crippen molar-refractivity contribution in [3.05, 3.63) is 18.0 Å². The van der Waals surface area contributed by atoms with E-state index in [9.17, 15) is 13.6 Å². The zero-order valence-corrected chi connectivity index (χ0v) is 6.65. The Kier molecular flexibility index (Phi) is 2.94. The number of carboxylic acids is 1. The van der Waals surface area contributed by atoms with E-state index in [2.05, 4.69) is 5.10 Å². The van der Waals surface area contributed by atoms with Gasteiger partial charge in [0, 0.05) is 19.2 Å². The highest BCUT2D eigenvalue weighted by molar-refractivity contribution is 5.86. The van der Waals surface area contributed by atoms with E-state index >= 15 is 0 Å². The number of hydrogen-bond acceptors (Lipinski definition) is 2. The monoisotopic (exact) mass is 190 g/mol. The van der Waals surface area contributed by atoms with Gasteiger partial charge in [-0.3, -0.25) is 4.68 Å². The summed E-state index contributed by atoms with van der Waals surface area (Å²) in [5.41, 5.74) is 0.00858. The molecule has 0 amide bonds. The van der Waals surface area contributed by atoms with E-state index in [4.69, 9.17) is 5.11 Å². The van der Waals surface area contributed by atoms with Crippen molar-refractivity contribution >= 4 is 5.97 Å². The van der Waals surface area contributed by atoms with Crippen molar-refractivity contribution in [2.24, 2.45) is 0 Å². The Bertz CT molecular complexity index is 298. The number of nitrogens with zero attached hydrogens (tertiary/aromatic N) is 2. The van der Waals surface area contributed by atoms with Gasteiger partial charge in [-0.1, -0.05) is 0 Å². The minimum atomic E-state index is -2.39. The van der Waals surface area contributed by atoms with Gasteiger partial charge in [0.05, 0.1) is 11.8 Å². The van der Waals surface area contributed by atoms with Crippen LogP contribution in [0.1, 0.15) is 16.8 Å². The van der Waals surface area contributed by atoms with Gasteiger partial charge in [-0.05, 0) is 0 Å². The third-order valence-corrected chi connectivity index (χ3v) is 1.46. The first kappa shape index (κ1) is 9.63. The fraction of sp³-hybridized carbons (Fsp3) is 0.429. The molecule has 13 heavy (non-hydrogen) atoms. The zero-order chi connectivity index (χ0) is 9.84. The number of rotatable bonds is 4. The second-order valence-corrected chi connectivity index (χ2v) is 2.48. The summed E-state index contributed by atoms with van der Waals surface area (Å²) >= 11 is 0. The Balaban J connectivity index is 2.54. The number of carboxylic acid groups (broad SMARTS) is 1. The van der Waals surface area contributed by atoms with Crippen LogP contribution >= 0.6 is 0 Å². The lowest BCUT2D eigenvalue weighted by Crippen LogP contribution is -2.03. The van der Waals surface area contributed by atoms with E-state index in [1.165, 1.54) is 10.9 Å². The number of aryl methyl sites for hydroxylation is 1. The van der Waals surface area contributed by atoms with Gasteiger partial charge in [-0.25, -0.2) is 13.6 Å². The van der Waals surface area contributed by atoms with Gasteiger partial charge in [0.2, 0.25) is 6.43 Å². The molecule has 0 aliphatic carbocycles. The molecule has 0 saturated carbocycles. The minimum absolute atomic E-state index is 0.00858. The average molecular weight is 190 g/mol. The highest BCUT2D eigenvalue weighted by atomic mass is 19.3. The van der Waals surface area contributed by atoms with E-state index in [1.54, 1.807) is 0 Å². The van der Waals surface area contributed by atoms with Gasteiger partial charge in [0.25, 0.3) is 0 Å². The van der Waals surface area contributed by atoms with Gasteiger partial charge < -0.3 is 5.11 Å². The van der Waals surface area contributed by atoms with Crippen molar-refractivity contribution in [2.75, 3.05) is 0 Å². The molecule has 0 aromatic carbocycles. The average Bonchev–Trinajstić information content (AvgIpc) is 2.48. The predicted molar refractivity (Wildman–Crippen MR) is 39.8 cm³/mol. The topological polar surface area (TPSA) is 55.1 Å². The van der Waals surface area contributed by atoms with Gasteiger partial charge >= 0.3 is 5.97 Å². The SMILES string of the molecule is O=C(O)c1cnn(CCC(F)F)c1. The normalized spacial score (nSPS) is 10.7. The van der Waals surface area contributed by atoms with Crippen LogP contribution in [0, 0.1) is 0 Å². The fourth-order valence-electron chi connectivity index (χ4n) is 0.826. The van der Waals surface area contributed by atoms with Crippen LogP contribution < -0.4 is 0 Å². The van der Waals surface area contributed by atoms with Crippen molar-refractivity contribution in [2.45, 2.75) is 19.4 Å². The van der Waals surface area contributed by atoms with Gasteiger partial charge in [-0.2, -0.15) is 5.10 Å². The first-order valence-electron chi connectivity index (χ1n) is 3.63. The second-order valence-electron chi connectivity index (χ2n) is 2.48. The quantitative estimate of drug-likeness (QED) is 0.776. The number of halogens is 2. The van der Waals surface area contributed by atoms with Crippen LogP contribution in [0.15, 0.2) is 12.4 Å². The maximum Gasteiger partial charge on any atom is 0.338 e. The molecular formula is C7H8F2N2O2. The molecule has 1 aromatic rings. The first-order chi connectivity index (χ1) is 6.09. The summed E-state index contributed by atoms with van der Waals surface area (Å²) < 4.78 is 24.6. The second kappa shape index (κ2) is 3.97. The molecule has 0 bridgehead atoms. The number of hydrogen-bond donors (Lipinski definition) is 1. The number of aromatic nitrogens is 2. The Morgan fingerprint density at radius 1 is 1.69 bits per heavy atom. The molecule has 0 spiro atoms. The van der Waals surface area contributed by atoms with Crippen LogP contribution in [-0.4, -0.2) is 27.3 Å². The Morgan fingerprint density at radius 2 is 2.38 bits per heavy atom. The van der Waals surface area contributed by atoms with Gasteiger partial charge in [0.1, 0.15) is 0 Å². The number of carbonyl (C=O) groups is 1. The molecule has 0 unspecified atom stereocenters. The highest BCUT2D eigenvalue weighted by Crippen LogP contribution is 2.03. The summed E-state index contributed by atoms with van der Waals surface area (Å²) in [5, 5.41) is 12.1. The Morgan fingerprint density at radius 3 is 2.85 bits per heavy atom. The molecule has 0 saturated heterocycles. The Labute approximate surface area is 72.8 Å². The third kappa shape index (κ3) is 2.81. The van der Waals surface area contributed by atoms with E-state index in [-0.39, 0.29) is 18.5 Å². The zero-order valence-electron chi connectivity index (χ0n) is 6.65. The molecule has 4 nitrogen and oxygen atoms in total. The maximum absolute atomic E-state index is 11.7. The fourth-order valence-corrected chi connectivity index (χ4v) is 0.826. The summed E-state index contributed by atoms with van der Waals surface area (Å²) in [7, 11) is 0. The van der Waals surface area contributed by atoms with Crippen LogP contribution in [0.4, 0.5) is 8.78 Å². The van der Waals surface area contributed by atoms with Crippen LogP contribution in [-0.2, 0) is 6.54 Å². The van der Waals surface area contributed by atoms with Crippen LogP contribution in [0.25, 0.3) is 0 Å². The summed E-state index contributed by atoms with van der Waals surface area (Å²) in [6.45, 7) is 0.0327. The van der Waals surface area contributed by atoms with Crippen molar-refractivity contribution in [1.29, 1.82) is 0 Å². The smallest absolute Gasteiger partial charge is 0.338 e. The molecule has 0 atom stereocenters. The molecule has 1 rings (SSSR count). The molecule has 1 heterocycles. The van der Waals surface area contributed by atoms with Crippen molar-refractivity contribution in [3.63, 3.8) is 0 Å². The molecule has 0 fully saturated rings. The van der Waals surface area contributed by atoms with Gasteiger partial charge in [-0.15, -0.1) is 0 Å². The van der Waals surface area contributed by atoms with Crippen molar-refractivity contribution in [1.82, 2.24) is 9.78 Å². The molecule has 0 radical (unpaired) electrons. The van der Waals surface area contributed by atoms with Gasteiger partial charge in [0.15, 0.2) is 0 Å².